The van der Waals surface area contributed by atoms with E-state index in [2.05, 4.69) is 10.9 Å². The Morgan fingerprint density at radius 2 is 2.36 bits per heavy atom. The number of nitrogens with zero attached hydrogens (tertiary/aromatic N) is 1. The van der Waals surface area contributed by atoms with E-state index in [0.29, 0.717) is 23.8 Å². The molecule has 3 heteroatoms. The summed E-state index contributed by atoms with van der Waals surface area (Å²) in [5.74, 6) is 3.21. The highest BCUT2D eigenvalue weighted by molar-refractivity contribution is 6.31. The van der Waals surface area contributed by atoms with E-state index in [9.17, 15) is 0 Å². The second kappa shape index (κ2) is 3.73. The second-order valence-electron chi connectivity index (χ2n) is 2.92. The molecule has 1 aromatic heterocycles. The predicted octanol–water partition coefficient (Wildman–Crippen LogP) is 3.05. The van der Waals surface area contributed by atoms with Gasteiger partial charge in [-0.1, -0.05) is 11.6 Å². The molecule has 0 bridgehead atoms. The number of fused-ring (bicyclic) bond motifs is 1. The van der Waals surface area contributed by atoms with E-state index in [-0.39, 0.29) is 0 Å². The van der Waals surface area contributed by atoms with E-state index in [1.165, 1.54) is 0 Å². The van der Waals surface area contributed by atoms with Crippen molar-refractivity contribution >= 4 is 22.7 Å². The van der Waals surface area contributed by atoms with Crippen molar-refractivity contribution in [3.8, 4) is 12.3 Å². The number of aryl methyl sites for hydroxylation is 1. The lowest BCUT2D eigenvalue weighted by Gasteiger charge is -1.86. The number of rotatable bonds is 2. The standard InChI is InChI=1S/C11H8ClNO/c1-2-3-4-11-13-9-7-8(12)5-6-10(9)14-11/h1,5-7H,3-4H2. The molecule has 0 N–H and O–H groups in total. The Morgan fingerprint density at radius 1 is 1.50 bits per heavy atom. The summed E-state index contributed by atoms with van der Waals surface area (Å²) >= 11 is 5.82. The lowest BCUT2D eigenvalue weighted by molar-refractivity contribution is 0.531. The van der Waals surface area contributed by atoms with Gasteiger partial charge in [0.2, 0.25) is 0 Å². The molecule has 0 fully saturated rings. The largest absolute Gasteiger partial charge is 0.441 e. The van der Waals surface area contributed by atoms with Crippen LogP contribution >= 0.6 is 11.6 Å². The van der Waals surface area contributed by atoms with Gasteiger partial charge in [-0.25, -0.2) is 4.98 Å². The molecule has 0 aliphatic carbocycles. The van der Waals surface area contributed by atoms with Crippen molar-refractivity contribution in [3.63, 3.8) is 0 Å². The van der Waals surface area contributed by atoms with Crippen LogP contribution < -0.4 is 0 Å². The number of aromatic nitrogens is 1. The first-order chi connectivity index (χ1) is 6.79. The Morgan fingerprint density at radius 3 is 3.14 bits per heavy atom. The average molecular weight is 206 g/mol. The van der Waals surface area contributed by atoms with Crippen molar-refractivity contribution in [2.24, 2.45) is 0 Å². The number of benzene rings is 1. The summed E-state index contributed by atoms with van der Waals surface area (Å²) in [5, 5.41) is 0.661. The third-order valence-electron chi connectivity index (χ3n) is 1.88. The van der Waals surface area contributed by atoms with Crippen molar-refractivity contribution in [3.05, 3.63) is 29.1 Å². The van der Waals surface area contributed by atoms with Gasteiger partial charge in [0.25, 0.3) is 0 Å². The molecule has 70 valence electrons. The molecule has 1 heterocycles. The number of halogens is 1. The average Bonchev–Trinajstić information content (AvgIpc) is 2.56. The molecule has 0 radical (unpaired) electrons. The van der Waals surface area contributed by atoms with Crippen molar-refractivity contribution in [2.75, 3.05) is 0 Å². The van der Waals surface area contributed by atoms with Gasteiger partial charge in [-0.05, 0) is 18.2 Å². The van der Waals surface area contributed by atoms with Crippen LogP contribution in [0.15, 0.2) is 22.6 Å². The van der Waals surface area contributed by atoms with Crippen LogP contribution in [-0.2, 0) is 6.42 Å². The molecule has 0 saturated heterocycles. The fourth-order valence-electron chi connectivity index (χ4n) is 1.23. The highest BCUT2D eigenvalue weighted by Gasteiger charge is 2.04. The van der Waals surface area contributed by atoms with Gasteiger partial charge in [-0.3, -0.25) is 0 Å². The first-order valence-electron chi connectivity index (χ1n) is 4.28. The van der Waals surface area contributed by atoms with Gasteiger partial charge in [-0.2, -0.15) is 0 Å². The Labute approximate surface area is 86.9 Å². The Hall–Kier alpha value is -1.46. The lowest BCUT2D eigenvalue weighted by atomic mass is 10.3. The molecule has 14 heavy (non-hydrogen) atoms. The van der Waals surface area contributed by atoms with Crippen LogP contribution in [-0.4, -0.2) is 4.98 Å². The normalized spacial score (nSPS) is 10.3. The summed E-state index contributed by atoms with van der Waals surface area (Å²) in [6.45, 7) is 0. The smallest absolute Gasteiger partial charge is 0.196 e. The predicted molar refractivity (Wildman–Crippen MR) is 56.2 cm³/mol. The summed E-state index contributed by atoms with van der Waals surface area (Å²) in [4.78, 5) is 4.26. The zero-order valence-corrected chi connectivity index (χ0v) is 8.21. The molecule has 0 unspecified atom stereocenters. The molecular weight excluding hydrogens is 198 g/mol. The Balaban J connectivity index is 2.37. The summed E-state index contributed by atoms with van der Waals surface area (Å²) in [6.07, 6.45) is 6.46. The number of hydrogen-bond acceptors (Lipinski definition) is 2. The van der Waals surface area contributed by atoms with E-state index in [0.717, 1.165) is 11.1 Å². The second-order valence-corrected chi connectivity index (χ2v) is 3.36. The number of oxazole rings is 1. The molecule has 2 aromatic rings. The first-order valence-corrected chi connectivity index (χ1v) is 4.66. The monoisotopic (exact) mass is 205 g/mol. The van der Waals surface area contributed by atoms with Crippen LogP contribution in [0.2, 0.25) is 5.02 Å². The molecule has 0 saturated carbocycles. The summed E-state index contributed by atoms with van der Waals surface area (Å²) in [7, 11) is 0. The molecule has 0 amide bonds. The van der Waals surface area contributed by atoms with E-state index >= 15 is 0 Å². The fourth-order valence-corrected chi connectivity index (χ4v) is 1.40. The van der Waals surface area contributed by atoms with Gasteiger partial charge >= 0.3 is 0 Å². The van der Waals surface area contributed by atoms with Crippen LogP contribution in [0.1, 0.15) is 12.3 Å². The zero-order valence-electron chi connectivity index (χ0n) is 7.46. The fraction of sp³-hybridized carbons (Fsp3) is 0.182. The Bertz CT molecular complexity index is 495. The van der Waals surface area contributed by atoms with Crippen LogP contribution in [0, 0.1) is 12.3 Å². The number of hydrogen-bond donors (Lipinski definition) is 0. The summed E-state index contributed by atoms with van der Waals surface area (Å²) < 4.78 is 5.46. The molecule has 2 nitrogen and oxygen atoms in total. The molecular formula is C11H8ClNO. The molecule has 2 rings (SSSR count). The molecule has 0 spiro atoms. The quantitative estimate of drug-likeness (QED) is 0.705. The summed E-state index contributed by atoms with van der Waals surface area (Å²) in [5.41, 5.74) is 1.53. The topological polar surface area (TPSA) is 26.0 Å². The van der Waals surface area contributed by atoms with Crippen LogP contribution in [0.25, 0.3) is 11.1 Å². The highest BCUT2D eigenvalue weighted by atomic mass is 35.5. The minimum atomic E-state index is 0.639. The molecule has 0 aliphatic heterocycles. The van der Waals surface area contributed by atoms with Crippen LogP contribution in [0.3, 0.4) is 0 Å². The Kier molecular flexibility index (Phi) is 2.43. The summed E-state index contributed by atoms with van der Waals surface area (Å²) in [6, 6.07) is 5.36. The van der Waals surface area contributed by atoms with E-state index in [1.807, 2.05) is 6.07 Å². The maximum absolute atomic E-state index is 5.82. The van der Waals surface area contributed by atoms with E-state index < -0.39 is 0 Å². The minimum absolute atomic E-state index is 0.639. The highest BCUT2D eigenvalue weighted by Crippen LogP contribution is 2.20. The number of terminal acetylenes is 1. The van der Waals surface area contributed by atoms with E-state index in [4.69, 9.17) is 22.4 Å². The maximum Gasteiger partial charge on any atom is 0.196 e. The van der Waals surface area contributed by atoms with Crippen LogP contribution in [0.4, 0.5) is 0 Å². The lowest BCUT2D eigenvalue weighted by Crippen LogP contribution is -1.81. The van der Waals surface area contributed by atoms with Gasteiger partial charge in [-0.15, -0.1) is 12.3 Å². The SMILES string of the molecule is C#CCCc1nc2cc(Cl)ccc2o1. The van der Waals surface area contributed by atoms with Gasteiger partial charge in [0.1, 0.15) is 5.52 Å². The maximum atomic E-state index is 5.82. The van der Waals surface area contributed by atoms with E-state index in [1.54, 1.807) is 12.1 Å². The molecule has 0 aliphatic rings. The van der Waals surface area contributed by atoms with Crippen molar-refractivity contribution < 1.29 is 4.42 Å². The van der Waals surface area contributed by atoms with Crippen molar-refractivity contribution in [2.45, 2.75) is 12.8 Å². The van der Waals surface area contributed by atoms with Crippen molar-refractivity contribution in [1.29, 1.82) is 0 Å². The van der Waals surface area contributed by atoms with Gasteiger partial charge in [0.15, 0.2) is 11.5 Å². The molecule has 1 aromatic carbocycles. The van der Waals surface area contributed by atoms with Crippen LogP contribution in [0.5, 0.6) is 0 Å². The third kappa shape index (κ3) is 1.73. The van der Waals surface area contributed by atoms with Crippen molar-refractivity contribution in [1.82, 2.24) is 4.98 Å². The third-order valence-corrected chi connectivity index (χ3v) is 2.11. The zero-order chi connectivity index (χ0) is 9.97. The van der Waals surface area contributed by atoms with Gasteiger partial charge < -0.3 is 4.42 Å². The minimum Gasteiger partial charge on any atom is -0.441 e. The molecule has 0 atom stereocenters. The first kappa shape index (κ1) is 9.11. The van der Waals surface area contributed by atoms with Gasteiger partial charge in [0, 0.05) is 17.9 Å². The van der Waals surface area contributed by atoms with Gasteiger partial charge in [0.05, 0.1) is 0 Å².